The van der Waals surface area contributed by atoms with E-state index in [1.165, 1.54) is 7.11 Å². The summed E-state index contributed by atoms with van der Waals surface area (Å²) in [5, 5.41) is 6.47. The number of hydrazone groups is 1. The molecule has 0 spiro atoms. The van der Waals surface area contributed by atoms with Gasteiger partial charge in [0, 0.05) is 5.92 Å². The zero-order valence-corrected chi connectivity index (χ0v) is 12.6. The van der Waals surface area contributed by atoms with Crippen LogP contribution in [-0.2, 0) is 9.53 Å². The van der Waals surface area contributed by atoms with Gasteiger partial charge in [0.05, 0.1) is 18.5 Å². The van der Waals surface area contributed by atoms with Gasteiger partial charge in [0.2, 0.25) is 0 Å². The number of hydrogen-bond acceptors (Lipinski definition) is 4. The summed E-state index contributed by atoms with van der Waals surface area (Å²) < 4.78 is 4.99. The van der Waals surface area contributed by atoms with E-state index in [2.05, 4.69) is 0 Å². The van der Waals surface area contributed by atoms with Crippen LogP contribution in [0.25, 0.3) is 0 Å². The summed E-state index contributed by atoms with van der Waals surface area (Å²) >= 11 is 0. The van der Waals surface area contributed by atoms with Crippen molar-refractivity contribution in [3.8, 4) is 0 Å². The smallest absolute Gasteiger partial charge is 0.331 e. The molecule has 4 heteroatoms. The van der Waals surface area contributed by atoms with Gasteiger partial charge in [0.1, 0.15) is 0 Å². The summed E-state index contributed by atoms with van der Waals surface area (Å²) in [5.41, 5.74) is 2.82. The van der Waals surface area contributed by atoms with Crippen molar-refractivity contribution < 1.29 is 9.53 Å². The van der Waals surface area contributed by atoms with Gasteiger partial charge in [-0.2, -0.15) is 5.10 Å². The van der Waals surface area contributed by atoms with Crippen molar-refractivity contribution >= 4 is 17.4 Å². The van der Waals surface area contributed by atoms with Crippen molar-refractivity contribution in [2.45, 2.75) is 13.0 Å². The largest absolute Gasteiger partial charge is 0.467 e. The number of rotatable bonds is 3. The number of methoxy groups -OCH3 is 1. The fourth-order valence-electron chi connectivity index (χ4n) is 2.78. The summed E-state index contributed by atoms with van der Waals surface area (Å²) in [4.78, 5) is 12.2. The van der Waals surface area contributed by atoms with E-state index in [1.807, 2.05) is 67.6 Å². The summed E-state index contributed by atoms with van der Waals surface area (Å²) in [5.74, 6) is -0.318. The van der Waals surface area contributed by atoms with Crippen LogP contribution >= 0.6 is 0 Å². The first-order valence-electron chi connectivity index (χ1n) is 7.28. The van der Waals surface area contributed by atoms with Gasteiger partial charge in [-0.1, -0.05) is 55.5 Å². The Labute approximate surface area is 130 Å². The van der Waals surface area contributed by atoms with E-state index < -0.39 is 6.04 Å². The minimum Gasteiger partial charge on any atom is -0.467 e. The molecule has 0 saturated heterocycles. The summed E-state index contributed by atoms with van der Waals surface area (Å²) in [6.45, 7) is 2.01. The van der Waals surface area contributed by atoms with Crippen molar-refractivity contribution in [2.75, 3.05) is 12.1 Å². The molecule has 4 nitrogen and oxygen atoms in total. The maximum Gasteiger partial charge on any atom is 0.331 e. The van der Waals surface area contributed by atoms with E-state index >= 15 is 0 Å². The molecule has 0 aliphatic carbocycles. The molecule has 0 fully saturated rings. The van der Waals surface area contributed by atoms with Crippen LogP contribution in [0.2, 0.25) is 0 Å². The highest BCUT2D eigenvalue weighted by molar-refractivity contribution is 6.08. The SMILES string of the molecule is COC(=O)C1C(C)C(c2ccccc2)=NN1c1ccccc1. The molecule has 2 unspecified atom stereocenters. The molecular formula is C18H18N2O2. The zero-order chi connectivity index (χ0) is 15.5. The predicted octanol–water partition coefficient (Wildman–Crippen LogP) is 3.09. The van der Waals surface area contributed by atoms with Gasteiger partial charge in [-0.05, 0) is 17.7 Å². The predicted molar refractivity (Wildman–Crippen MR) is 86.9 cm³/mol. The van der Waals surface area contributed by atoms with Gasteiger partial charge >= 0.3 is 5.97 Å². The van der Waals surface area contributed by atoms with Crippen LogP contribution in [0.15, 0.2) is 65.8 Å². The molecule has 0 bridgehead atoms. The molecule has 2 aromatic carbocycles. The molecule has 1 aliphatic heterocycles. The third-order valence-electron chi connectivity index (χ3n) is 3.92. The van der Waals surface area contributed by atoms with Crippen molar-refractivity contribution in [2.24, 2.45) is 11.0 Å². The number of para-hydroxylation sites is 1. The zero-order valence-electron chi connectivity index (χ0n) is 12.6. The molecule has 0 radical (unpaired) electrons. The van der Waals surface area contributed by atoms with Crippen LogP contribution in [0.3, 0.4) is 0 Å². The first kappa shape index (κ1) is 14.3. The van der Waals surface area contributed by atoms with Crippen LogP contribution in [-0.4, -0.2) is 24.8 Å². The number of carbonyl (C=O) groups excluding carboxylic acids is 1. The number of hydrogen-bond donors (Lipinski definition) is 0. The Morgan fingerprint density at radius 2 is 1.64 bits per heavy atom. The second kappa shape index (κ2) is 6.02. The molecule has 2 atom stereocenters. The molecule has 0 N–H and O–H groups in total. The average molecular weight is 294 g/mol. The molecule has 2 aromatic rings. The Morgan fingerprint density at radius 3 is 2.23 bits per heavy atom. The van der Waals surface area contributed by atoms with Crippen molar-refractivity contribution in [1.29, 1.82) is 0 Å². The maximum absolute atomic E-state index is 12.2. The van der Waals surface area contributed by atoms with E-state index in [9.17, 15) is 4.79 Å². The average Bonchev–Trinajstić information content (AvgIpc) is 2.93. The van der Waals surface area contributed by atoms with E-state index in [-0.39, 0.29) is 11.9 Å². The van der Waals surface area contributed by atoms with Crippen LogP contribution in [0.4, 0.5) is 5.69 Å². The minimum absolute atomic E-state index is 0.0462. The lowest BCUT2D eigenvalue weighted by Gasteiger charge is -2.23. The number of esters is 1. The highest BCUT2D eigenvalue weighted by Gasteiger charge is 2.41. The Hall–Kier alpha value is -2.62. The second-order valence-corrected chi connectivity index (χ2v) is 5.29. The molecular weight excluding hydrogens is 276 g/mol. The fraction of sp³-hybridized carbons (Fsp3) is 0.222. The molecule has 0 aromatic heterocycles. The van der Waals surface area contributed by atoms with Gasteiger partial charge in [-0.25, -0.2) is 4.79 Å². The molecule has 1 aliphatic rings. The monoisotopic (exact) mass is 294 g/mol. The highest BCUT2D eigenvalue weighted by atomic mass is 16.5. The van der Waals surface area contributed by atoms with Crippen molar-refractivity contribution in [3.05, 3.63) is 66.2 Å². The molecule has 3 rings (SSSR count). The van der Waals surface area contributed by atoms with Gasteiger partial charge in [0.15, 0.2) is 6.04 Å². The number of nitrogens with zero attached hydrogens (tertiary/aromatic N) is 2. The topological polar surface area (TPSA) is 41.9 Å². The van der Waals surface area contributed by atoms with E-state index in [1.54, 1.807) is 5.01 Å². The third-order valence-corrected chi connectivity index (χ3v) is 3.92. The van der Waals surface area contributed by atoms with Crippen LogP contribution < -0.4 is 5.01 Å². The number of carbonyl (C=O) groups is 1. The van der Waals surface area contributed by atoms with Crippen LogP contribution in [0, 0.1) is 5.92 Å². The lowest BCUT2D eigenvalue weighted by atomic mass is 9.93. The lowest BCUT2D eigenvalue weighted by molar-refractivity contribution is -0.142. The summed E-state index contributed by atoms with van der Waals surface area (Å²) in [7, 11) is 1.42. The summed E-state index contributed by atoms with van der Waals surface area (Å²) in [6, 6.07) is 19.2. The van der Waals surface area contributed by atoms with Gasteiger partial charge in [-0.3, -0.25) is 5.01 Å². The lowest BCUT2D eigenvalue weighted by Crippen LogP contribution is -2.40. The van der Waals surface area contributed by atoms with Crippen LogP contribution in [0.1, 0.15) is 12.5 Å². The quantitative estimate of drug-likeness (QED) is 0.817. The summed E-state index contributed by atoms with van der Waals surface area (Å²) in [6.07, 6.45) is 0. The number of ether oxygens (including phenoxy) is 1. The van der Waals surface area contributed by atoms with E-state index in [4.69, 9.17) is 9.84 Å². The molecule has 0 amide bonds. The first-order valence-corrected chi connectivity index (χ1v) is 7.28. The molecule has 1 heterocycles. The maximum atomic E-state index is 12.2. The standard InChI is InChI=1S/C18H18N2O2/c1-13-16(14-9-5-3-6-10-14)19-20(17(13)18(21)22-2)15-11-7-4-8-12-15/h3-13,17H,1-2H3. The Morgan fingerprint density at radius 1 is 1.05 bits per heavy atom. The Balaban J connectivity index is 2.04. The number of anilines is 1. The van der Waals surface area contributed by atoms with Crippen molar-refractivity contribution in [3.63, 3.8) is 0 Å². The van der Waals surface area contributed by atoms with Crippen LogP contribution in [0.5, 0.6) is 0 Å². The minimum atomic E-state index is -0.442. The third kappa shape index (κ3) is 2.48. The fourth-order valence-corrected chi connectivity index (χ4v) is 2.78. The number of benzene rings is 2. The van der Waals surface area contributed by atoms with Gasteiger partial charge in [-0.15, -0.1) is 0 Å². The Kier molecular flexibility index (Phi) is 3.92. The van der Waals surface area contributed by atoms with E-state index in [0.29, 0.717) is 0 Å². The Bertz CT molecular complexity index is 683. The molecule has 22 heavy (non-hydrogen) atoms. The second-order valence-electron chi connectivity index (χ2n) is 5.29. The molecule has 112 valence electrons. The first-order chi connectivity index (χ1) is 10.7. The van der Waals surface area contributed by atoms with Gasteiger partial charge < -0.3 is 4.74 Å². The normalized spacial score (nSPS) is 20.6. The van der Waals surface area contributed by atoms with Gasteiger partial charge in [0.25, 0.3) is 0 Å². The highest BCUT2D eigenvalue weighted by Crippen LogP contribution is 2.31. The molecule has 0 saturated carbocycles. The van der Waals surface area contributed by atoms with Crippen molar-refractivity contribution in [1.82, 2.24) is 0 Å². The van der Waals surface area contributed by atoms with E-state index in [0.717, 1.165) is 17.0 Å².